The lowest BCUT2D eigenvalue weighted by Crippen LogP contribution is -2.29. The van der Waals surface area contributed by atoms with Crippen LogP contribution in [0, 0.1) is 6.92 Å². The van der Waals surface area contributed by atoms with Gasteiger partial charge in [0.15, 0.2) is 0 Å². The van der Waals surface area contributed by atoms with Crippen molar-refractivity contribution in [3.8, 4) is 0 Å². The molecule has 1 aliphatic rings. The van der Waals surface area contributed by atoms with Gasteiger partial charge in [-0.2, -0.15) is 0 Å². The van der Waals surface area contributed by atoms with Crippen LogP contribution in [0.1, 0.15) is 41.9 Å². The summed E-state index contributed by atoms with van der Waals surface area (Å²) < 4.78 is 0. The molecule has 1 amide bonds. The van der Waals surface area contributed by atoms with Gasteiger partial charge in [0.2, 0.25) is 5.91 Å². The molecule has 0 saturated carbocycles. The Hall–Kier alpha value is -2.09. The lowest BCUT2D eigenvalue weighted by Gasteiger charge is -2.23. The average molecular weight is 293 g/mol. The Bertz CT molecular complexity index is 629. The molecule has 3 rings (SSSR count). The summed E-state index contributed by atoms with van der Waals surface area (Å²) in [7, 11) is 0. The van der Waals surface area contributed by atoms with E-state index in [1.807, 2.05) is 11.0 Å². The van der Waals surface area contributed by atoms with Gasteiger partial charge in [-0.15, -0.1) is 0 Å². The molecule has 0 aliphatic carbocycles. The first-order valence-electron chi connectivity index (χ1n) is 8.14. The summed E-state index contributed by atoms with van der Waals surface area (Å²) in [6.45, 7) is 3.98. The molecule has 0 unspecified atom stereocenters. The zero-order chi connectivity index (χ0) is 15.4. The summed E-state index contributed by atoms with van der Waals surface area (Å²) in [5.74, 6) is 0.435. The van der Waals surface area contributed by atoms with Crippen LogP contribution in [-0.4, -0.2) is 23.9 Å². The number of aryl methyl sites for hydroxylation is 1. The number of likely N-dealkylation sites (tertiary alicyclic amines) is 1. The number of nitrogens with zero attached hydrogens (tertiary/aromatic N) is 1. The minimum Gasteiger partial charge on any atom is -0.343 e. The minimum absolute atomic E-state index is 0.149. The van der Waals surface area contributed by atoms with Gasteiger partial charge in [0.1, 0.15) is 0 Å². The predicted molar refractivity (Wildman–Crippen MR) is 89.9 cm³/mol. The SMILES string of the molecule is Cc1ccccc1[C@@H](CC(=O)N1CCCC1)c1ccccc1. The molecular weight excluding hydrogens is 270 g/mol. The quantitative estimate of drug-likeness (QED) is 0.829. The van der Waals surface area contributed by atoms with Crippen molar-refractivity contribution >= 4 is 5.91 Å². The van der Waals surface area contributed by atoms with Crippen molar-refractivity contribution in [2.45, 2.75) is 32.1 Å². The summed E-state index contributed by atoms with van der Waals surface area (Å²) in [6.07, 6.45) is 2.85. The lowest BCUT2D eigenvalue weighted by molar-refractivity contribution is -0.130. The molecule has 0 bridgehead atoms. The van der Waals surface area contributed by atoms with Crippen LogP contribution in [0.3, 0.4) is 0 Å². The first kappa shape index (κ1) is 14.8. The van der Waals surface area contributed by atoms with Gasteiger partial charge in [-0.25, -0.2) is 0 Å². The van der Waals surface area contributed by atoms with E-state index in [9.17, 15) is 4.79 Å². The molecule has 22 heavy (non-hydrogen) atoms. The third-order valence-electron chi connectivity index (χ3n) is 4.60. The molecule has 0 radical (unpaired) electrons. The summed E-state index contributed by atoms with van der Waals surface area (Å²) >= 11 is 0. The standard InChI is InChI=1S/C20H23NO/c1-16-9-5-6-12-18(16)19(17-10-3-2-4-11-17)15-20(22)21-13-7-8-14-21/h2-6,9-12,19H,7-8,13-15H2,1H3/t19-/m0/s1. The van der Waals surface area contributed by atoms with E-state index in [4.69, 9.17) is 0 Å². The Labute approximate surface area is 132 Å². The molecule has 0 aromatic heterocycles. The highest BCUT2D eigenvalue weighted by Crippen LogP contribution is 2.31. The second-order valence-electron chi connectivity index (χ2n) is 6.11. The van der Waals surface area contributed by atoms with E-state index in [0.717, 1.165) is 25.9 Å². The highest BCUT2D eigenvalue weighted by Gasteiger charge is 2.24. The second kappa shape index (κ2) is 6.78. The zero-order valence-corrected chi connectivity index (χ0v) is 13.2. The third kappa shape index (κ3) is 3.22. The number of carbonyl (C=O) groups is 1. The summed E-state index contributed by atoms with van der Waals surface area (Å²) in [5, 5.41) is 0. The number of benzene rings is 2. The van der Waals surface area contributed by atoms with Gasteiger partial charge in [0.05, 0.1) is 0 Å². The van der Waals surface area contributed by atoms with E-state index >= 15 is 0 Å². The minimum atomic E-state index is 0.149. The molecule has 1 saturated heterocycles. The van der Waals surface area contributed by atoms with Crippen LogP contribution in [0.5, 0.6) is 0 Å². The van der Waals surface area contributed by atoms with Crippen LogP contribution in [0.25, 0.3) is 0 Å². The Kier molecular flexibility index (Phi) is 4.57. The molecule has 2 heteroatoms. The van der Waals surface area contributed by atoms with Crippen LogP contribution in [-0.2, 0) is 4.79 Å². The monoisotopic (exact) mass is 293 g/mol. The molecule has 1 heterocycles. The predicted octanol–water partition coefficient (Wildman–Crippen LogP) is 4.14. The van der Waals surface area contributed by atoms with E-state index < -0.39 is 0 Å². The van der Waals surface area contributed by atoms with Crippen LogP contribution in [0.2, 0.25) is 0 Å². The van der Waals surface area contributed by atoms with Gasteiger partial charge < -0.3 is 4.90 Å². The van der Waals surface area contributed by atoms with Crippen LogP contribution < -0.4 is 0 Å². The maximum atomic E-state index is 12.6. The lowest BCUT2D eigenvalue weighted by atomic mass is 9.86. The van der Waals surface area contributed by atoms with Crippen molar-refractivity contribution in [2.24, 2.45) is 0 Å². The largest absolute Gasteiger partial charge is 0.343 e. The molecule has 0 spiro atoms. The van der Waals surface area contributed by atoms with Crippen molar-refractivity contribution in [3.63, 3.8) is 0 Å². The van der Waals surface area contributed by atoms with Crippen molar-refractivity contribution < 1.29 is 4.79 Å². The Morgan fingerprint density at radius 2 is 1.64 bits per heavy atom. The molecule has 2 aromatic rings. The average Bonchev–Trinajstić information content (AvgIpc) is 3.09. The number of carbonyl (C=O) groups excluding carboxylic acids is 1. The number of hydrogen-bond acceptors (Lipinski definition) is 1. The topological polar surface area (TPSA) is 20.3 Å². The van der Waals surface area contributed by atoms with Gasteiger partial charge in [-0.1, -0.05) is 54.6 Å². The maximum Gasteiger partial charge on any atom is 0.223 e. The Morgan fingerprint density at radius 3 is 2.32 bits per heavy atom. The van der Waals surface area contributed by atoms with E-state index in [1.54, 1.807) is 0 Å². The summed E-state index contributed by atoms with van der Waals surface area (Å²) in [5.41, 5.74) is 3.75. The van der Waals surface area contributed by atoms with Crippen LogP contribution in [0.4, 0.5) is 0 Å². The summed E-state index contributed by atoms with van der Waals surface area (Å²) in [6, 6.07) is 18.8. The normalized spacial score (nSPS) is 15.8. The van der Waals surface area contributed by atoms with Gasteiger partial charge in [-0.3, -0.25) is 4.79 Å². The van der Waals surface area contributed by atoms with E-state index in [-0.39, 0.29) is 11.8 Å². The van der Waals surface area contributed by atoms with E-state index in [2.05, 4.69) is 55.5 Å². The molecule has 114 valence electrons. The first-order valence-corrected chi connectivity index (χ1v) is 8.14. The summed E-state index contributed by atoms with van der Waals surface area (Å²) in [4.78, 5) is 14.7. The van der Waals surface area contributed by atoms with Gasteiger partial charge in [-0.05, 0) is 36.5 Å². The van der Waals surface area contributed by atoms with Crippen molar-refractivity contribution in [3.05, 3.63) is 71.3 Å². The van der Waals surface area contributed by atoms with Crippen LogP contribution >= 0.6 is 0 Å². The molecule has 1 atom stereocenters. The van der Waals surface area contributed by atoms with E-state index in [0.29, 0.717) is 6.42 Å². The number of rotatable bonds is 4. The number of hydrogen-bond donors (Lipinski definition) is 0. The van der Waals surface area contributed by atoms with Crippen molar-refractivity contribution in [2.75, 3.05) is 13.1 Å². The second-order valence-corrected chi connectivity index (χ2v) is 6.11. The van der Waals surface area contributed by atoms with Crippen LogP contribution in [0.15, 0.2) is 54.6 Å². The molecular formula is C20H23NO. The maximum absolute atomic E-state index is 12.6. The molecule has 1 fully saturated rings. The smallest absolute Gasteiger partial charge is 0.223 e. The van der Waals surface area contributed by atoms with Crippen molar-refractivity contribution in [1.29, 1.82) is 0 Å². The fraction of sp³-hybridized carbons (Fsp3) is 0.350. The molecule has 1 aliphatic heterocycles. The zero-order valence-electron chi connectivity index (χ0n) is 13.2. The van der Waals surface area contributed by atoms with E-state index in [1.165, 1.54) is 16.7 Å². The molecule has 0 N–H and O–H groups in total. The highest BCUT2D eigenvalue weighted by atomic mass is 16.2. The fourth-order valence-corrected chi connectivity index (χ4v) is 3.34. The fourth-order valence-electron chi connectivity index (χ4n) is 3.34. The van der Waals surface area contributed by atoms with Gasteiger partial charge in [0.25, 0.3) is 0 Å². The third-order valence-corrected chi connectivity index (χ3v) is 4.60. The molecule has 2 aromatic carbocycles. The van der Waals surface area contributed by atoms with Crippen molar-refractivity contribution in [1.82, 2.24) is 4.90 Å². The highest BCUT2D eigenvalue weighted by molar-refractivity contribution is 5.78. The van der Waals surface area contributed by atoms with Gasteiger partial charge >= 0.3 is 0 Å². The van der Waals surface area contributed by atoms with Gasteiger partial charge in [0, 0.05) is 25.4 Å². The number of amides is 1. The Morgan fingerprint density at radius 1 is 1.00 bits per heavy atom. The first-order chi connectivity index (χ1) is 10.8. The molecule has 2 nitrogen and oxygen atoms in total. The Balaban J connectivity index is 1.90.